The van der Waals surface area contributed by atoms with E-state index < -0.39 is 15.8 Å². The molecule has 0 aliphatic carbocycles. The summed E-state index contributed by atoms with van der Waals surface area (Å²) in [6.45, 7) is 0.0691. The summed E-state index contributed by atoms with van der Waals surface area (Å²) in [5, 5.41) is 0. The molecule has 0 amide bonds. The molecule has 6 heteroatoms. The molecule has 0 radical (unpaired) electrons. The first-order chi connectivity index (χ1) is 8.58. The summed E-state index contributed by atoms with van der Waals surface area (Å²) < 4.78 is 39.0. The maximum atomic E-state index is 13.0. The number of aromatic nitrogens is 1. The Morgan fingerprint density at radius 1 is 1.17 bits per heavy atom. The zero-order chi connectivity index (χ0) is 13.0. The summed E-state index contributed by atoms with van der Waals surface area (Å²) in [5.74, 6) is -0.587. The maximum Gasteiger partial charge on any atom is 0.241 e. The first-order valence-electron chi connectivity index (χ1n) is 5.23. The predicted octanol–water partition coefficient (Wildman–Crippen LogP) is 1.70. The molecule has 0 aliphatic heterocycles. The highest BCUT2D eigenvalue weighted by Crippen LogP contribution is 2.10. The number of halogens is 1. The molecule has 94 valence electrons. The number of rotatable bonds is 4. The van der Waals surface area contributed by atoms with Gasteiger partial charge in [-0.15, -0.1) is 0 Å². The van der Waals surface area contributed by atoms with Crippen molar-refractivity contribution in [3.63, 3.8) is 0 Å². The van der Waals surface area contributed by atoms with Crippen LogP contribution in [0.3, 0.4) is 0 Å². The smallest absolute Gasteiger partial charge is 0.241 e. The van der Waals surface area contributed by atoms with Gasteiger partial charge in [-0.05, 0) is 30.3 Å². The molecule has 18 heavy (non-hydrogen) atoms. The first-order valence-corrected chi connectivity index (χ1v) is 6.71. The van der Waals surface area contributed by atoms with Crippen LogP contribution >= 0.6 is 0 Å². The molecular weight excluding hydrogens is 255 g/mol. The molecule has 4 nitrogen and oxygen atoms in total. The number of hydrogen-bond acceptors (Lipinski definition) is 3. The highest BCUT2D eigenvalue weighted by atomic mass is 32.2. The quantitative estimate of drug-likeness (QED) is 0.916. The fraction of sp³-hybridized carbons (Fsp3) is 0.0833. The van der Waals surface area contributed by atoms with Gasteiger partial charge >= 0.3 is 0 Å². The Kier molecular flexibility index (Phi) is 3.69. The van der Waals surface area contributed by atoms with E-state index in [1.807, 2.05) is 0 Å². The fourth-order valence-electron chi connectivity index (χ4n) is 1.39. The van der Waals surface area contributed by atoms with E-state index in [1.54, 1.807) is 24.4 Å². The number of benzene rings is 1. The van der Waals surface area contributed by atoms with Gasteiger partial charge in [0.1, 0.15) is 5.82 Å². The van der Waals surface area contributed by atoms with E-state index in [-0.39, 0.29) is 11.4 Å². The van der Waals surface area contributed by atoms with Gasteiger partial charge < -0.3 is 0 Å². The second kappa shape index (κ2) is 5.24. The van der Waals surface area contributed by atoms with Crippen molar-refractivity contribution >= 4 is 10.0 Å². The topological polar surface area (TPSA) is 59.1 Å². The number of nitrogens with zero attached hydrogens (tertiary/aromatic N) is 1. The number of sulfonamides is 1. The van der Waals surface area contributed by atoms with Crippen LogP contribution in [0.5, 0.6) is 0 Å². The molecule has 0 bridgehead atoms. The summed E-state index contributed by atoms with van der Waals surface area (Å²) in [6.07, 6.45) is 1.58. The van der Waals surface area contributed by atoms with E-state index in [4.69, 9.17) is 0 Å². The third kappa shape index (κ3) is 3.12. The Balaban J connectivity index is 2.13. The van der Waals surface area contributed by atoms with Gasteiger partial charge in [0.15, 0.2) is 0 Å². The first kappa shape index (κ1) is 12.7. The minimum atomic E-state index is -3.71. The van der Waals surface area contributed by atoms with Crippen LogP contribution in [0.1, 0.15) is 5.69 Å². The molecule has 0 atom stereocenters. The van der Waals surface area contributed by atoms with Crippen molar-refractivity contribution in [3.05, 3.63) is 60.2 Å². The molecule has 1 heterocycles. The van der Waals surface area contributed by atoms with Gasteiger partial charge in [-0.2, -0.15) is 0 Å². The molecule has 2 rings (SSSR count). The lowest BCUT2D eigenvalue weighted by Crippen LogP contribution is -2.23. The zero-order valence-corrected chi connectivity index (χ0v) is 10.2. The monoisotopic (exact) mass is 266 g/mol. The van der Waals surface area contributed by atoms with Gasteiger partial charge in [-0.1, -0.05) is 12.1 Å². The minimum absolute atomic E-state index is 0.0691. The van der Waals surface area contributed by atoms with Crippen molar-refractivity contribution in [1.29, 1.82) is 0 Å². The molecule has 1 N–H and O–H groups in total. The van der Waals surface area contributed by atoms with Gasteiger partial charge in [0.05, 0.1) is 17.1 Å². The van der Waals surface area contributed by atoms with Crippen LogP contribution in [0.15, 0.2) is 53.6 Å². The van der Waals surface area contributed by atoms with Gasteiger partial charge in [0.2, 0.25) is 10.0 Å². The van der Waals surface area contributed by atoms with Crippen LogP contribution in [0.2, 0.25) is 0 Å². The van der Waals surface area contributed by atoms with Crippen LogP contribution < -0.4 is 4.72 Å². The zero-order valence-electron chi connectivity index (χ0n) is 9.38. The second-order valence-electron chi connectivity index (χ2n) is 3.60. The van der Waals surface area contributed by atoms with Gasteiger partial charge in [-0.3, -0.25) is 4.98 Å². The van der Waals surface area contributed by atoms with Crippen molar-refractivity contribution in [3.8, 4) is 0 Å². The number of pyridine rings is 1. The predicted molar refractivity (Wildman–Crippen MR) is 64.7 cm³/mol. The molecule has 0 unspecified atom stereocenters. The molecule has 2 aromatic rings. The van der Waals surface area contributed by atoms with Crippen molar-refractivity contribution in [2.45, 2.75) is 11.4 Å². The number of hydrogen-bond donors (Lipinski definition) is 1. The third-order valence-electron chi connectivity index (χ3n) is 2.28. The van der Waals surface area contributed by atoms with Gasteiger partial charge in [0.25, 0.3) is 0 Å². The molecule has 1 aromatic carbocycles. The average Bonchev–Trinajstić information content (AvgIpc) is 2.38. The van der Waals surface area contributed by atoms with Gasteiger partial charge in [0, 0.05) is 6.20 Å². The lowest BCUT2D eigenvalue weighted by Gasteiger charge is -2.06. The Morgan fingerprint density at radius 3 is 2.67 bits per heavy atom. The van der Waals surface area contributed by atoms with Crippen molar-refractivity contribution < 1.29 is 12.8 Å². The SMILES string of the molecule is O=S(=O)(NCc1ccccn1)c1cccc(F)c1. The molecule has 0 spiro atoms. The molecule has 0 saturated heterocycles. The second-order valence-corrected chi connectivity index (χ2v) is 5.37. The lowest BCUT2D eigenvalue weighted by atomic mass is 10.3. The fourth-order valence-corrected chi connectivity index (χ4v) is 2.42. The van der Waals surface area contributed by atoms with E-state index in [2.05, 4.69) is 9.71 Å². The Morgan fingerprint density at radius 2 is 2.00 bits per heavy atom. The molecule has 0 fully saturated rings. The minimum Gasteiger partial charge on any atom is -0.260 e. The van der Waals surface area contributed by atoms with Crippen LogP contribution in [0.25, 0.3) is 0 Å². The lowest BCUT2D eigenvalue weighted by molar-refractivity contribution is 0.576. The Bertz CT molecular complexity index is 630. The normalized spacial score (nSPS) is 11.4. The van der Waals surface area contributed by atoms with Crippen LogP contribution in [0, 0.1) is 5.82 Å². The summed E-state index contributed by atoms with van der Waals surface area (Å²) in [7, 11) is -3.71. The van der Waals surface area contributed by atoms with Crippen molar-refractivity contribution in [1.82, 2.24) is 9.71 Å². The Labute approximate surface area is 105 Å². The van der Waals surface area contributed by atoms with E-state index in [0.717, 1.165) is 6.07 Å². The highest BCUT2D eigenvalue weighted by Gasteiger charge is 2.14. The standard InChI is InChI=1S/C12H11FN2O2S/c13-10-4-3-6-12(8-10)18(16,17)15-9-11-5-1-2-7-14-11/h1-8,15H,9H2. The molecular formula is C12H11FN2O2S. The van der Waals surface area contributed by atoms with Crippen molar-refractivity contribution in [2.75, 3.05) is 0 Å². The highest BCUT2D eigenvalue weighted by molar-refractivity contribution is 7.89. The maximum absolute atomic E-state index is 13.0. The molecule has 1 aromatic heterocycles. The van der Waals surface area contributed by atoms with Crippen molar-refractivity contribution in [2.24, 2.45) is 0 Å². The summed E-state index contributed by atoms with van der Waals surface area (Å²) >= 11 is 0. The molecule has 0 aliphatic rings. The number of nitrogens with one attached hydrogen (secondary N) is 1. The summed E-state index contributed by atoms with van der Waals surface area (Å²) in [5.41, 5.74) is 0.595. The van der Waals surface area contributed by atoms with Crippen LogP contribution in [0.4, 0.5) is 4.39 Å². The van der Waals surface area contributed by atoms with E-state index in [9.17, 15) is 12.8 Å². The summed E-state index contributed by atoms with van der Waals surface area (Å²) in [6, 6.07) is 10.1. The van der Waals surface area contributed by atoms with Crippen LogP contribution in [-0.4, -0.2) is 13.4 Å². The summed E-state index contributed by atoms with van der Waals surface area (Å²) in [4.78, 5) is 3.89. The molecule has 0 saturated carbocycles. The van der Waals surface area contributed by atoms with Gasteiger partial charge in [-0.25, -0.2) is 17.5 Å². The third-order valence-corrected chi connectivity index (χ3v) is 3.67. The average molecular weight is 266 g/mol. The van der Waals surface area contributed by atoms with Crippen LogP contribution in [-0.2, 0) is 16.6 Å². The van der Waals surface area contributed by atoms with E-state index in [1.165, 1.54) is 18.2 Å². The van der Waals surface area contributed by atoms with E-state index in [0.29, 0.717) is 5.69 Å². The Hall–Kier alpha value is -1.79. The van der Waals surface area contributed by atoms with E-state index >= 15 is 0 Å². The largest absolute Gasteiger partial charge is 0.260 e.